The lowest BCUT2D eigenvalue weighted by Gasteiger charge is -2.20. The van der Waals surface area contributed by atoms with Gasteiger partial charge in [-0.05, 0) is 19.3 Å². The number of carbonyl (C=O) groups excluding carboxylic acids is 1. The molecule has 1 atom stereocenters. The summed E-state index contributed by atoms with van der Waals surface area (Å²) < 4.78 is 10.8. The Labute approximate surface area is 106 Å². The molecule has 6 heteroatoms. The maximum Gasteiger partial charge on any atom is 0.322 e. The minimum Gasteiger partial charge on any atom is -0.407 e. The number of hydrogen-bond donors (Lipinski definition) is 1. The summed E-state index contributed by atoms with van der Waals surface area (Å²) in [5.74, 6) is 0.293. The largest absolute Gasteiger partial charge is 0.407 e. The number of rotatable bonds is 2. The summed E-state index contributed by atoms with van der Waals surface area (Å²) in [5, 5.41) is 10.3. The molecule has 2 heterocycles. The lowest BCUT2D eigenvalue weighted by atomic mass is 9.97. The van der Waals surface area contributed by atoms with E-state index in [9.17, 15) is 4.79 Å². The lowest BCUT2D eigenvalue weighted by Crippen LogP contribution is -2.33. The Morgan fingerprint density at radius 2 is 2.11 bits per heavy atom. The zero-order chi connectivity index (χ0) is 13.2. The van der Waals surface area contributed by atoms with Crippen molar-refractivity contribution in [1.29, 1.82) is 0 Å². The van der Waals surface area contributed by atoms with Crippen molar-refractivity contribution < 1.29 is 13.9 Å². The van der Waals surface area contributed by atoms with Crippen LogP contribution in [0.2, 0.25) is 0 Å². The second kappa shape index (κ2) is 5.06. The first-order valence-corrected chi connectivity index (χ1v) is 6.23. The Hall–Kier alpha value is -1.43. The highest BCUT2D eigenvalue weighted by Gasteiger charge is 2.25. The molecule has 0 spiro atoms. The van der Waals surface area contributed by atoms with Gasteiger partial charge in [0.25, 0.3) is 5.91 Å². The monoisotopic (exact) mass is 253 g/mol. The molecule has 1 aliphatic rings. The minimum absolute atomic E-state index is 0.138. The highest BCUT2D eigenvalue weighted by Crippen LogP contribution is 2.22. The zero-order valence-electron chi connectivity index (χ0n) is 11.0. The van der Waals surface area contributed by atoms with Crippen LogP contribution in [0.25, 0.3) is 0 Å². The van der Waals surface area contributed by atoms with Crippen molar-refractivity contribution in [3.8, 4) is 0 Å². The van der Waals surface area contributed by atoms with Crippen LogP contribution in [-0.2, 0) is 14.9 Å². The van der Waals surface area contributed by atoms with Gasteiger partial charge < -0.3 is 9.15 Å². The van der Waals surface area contributed by atoms with E-state index in [2.05, 4.69) is 15.5 Å². The van der Waals surface area contributed by atoms with E-state index in [1.54, 1.807) is 0 Å². The molecular weight excluding hydrogens is 234 g/mol. The van der Waals surface area contributed by atoms with E-state index < -0.39 is 6.10 Å². The smallest absolute Gasteiger partial charge is 0.322 e. The summed E-state index contributed by atoms with van der Waals surface area (Å²) in [7, 11) is 0. The van der Waals surface area contributed by atoms with Crippen LogP contribution in [0.4, 0.5) is 6.01 Å². The van der Waals surface area contributed by atoms with Gasteiger partial charge in [0, 0.05) is 12.0 Å². The predicted octanol–water partition coefficient (Wildman–Crippen LogP) is 1.87. The molecule has 2 rings (SSSR count). The van der Waals surface area contributed by atoms with Crippen molar-refractivity contribution in [2.75, 3.05) is 11.9 Å². The molecule has 1 aromatic rings. The molecule has 0 saturated carbocycles. The number of ether oxygens (including phenoxy) is 1. The topological polar surface area (TPSA) is 77.2 Å². The van der Waals surface area contributed by atoms with Gasteiger partial charge in [-0.15, -0.1) is 5.10 Å². The van der Waals surface area contributed by atoms with E-state index in [1.807, 2.05) is 20.8 Å². The first kappa shape index (κ1) is 13.0. The molecule has 1 N–H and O–H groups in total. The Morgan fingerprint density at radius 3 is 2.67 bits per heavy atom. The van der Waals surface area contributed by atoms with Gasteiger partial charge >= 0.3 is 6.01 Å². The molecule has 6 nitrogen and oxygen atoms in total. The summed E-state index contributed by atoms with van der Waals surface area (Å²) in [5.41, 5.74) is -0.225. The van der Waals surface area contributed by atoms with E-state index in [-0.39, 0.29) is 17.3 Å². The van der Waals surface area contributed by atoms with Crippen molar-refractivity contribution in [3.05, 3.63) is 5.89 Å². The summed E-state index contributed by atoms with van der Waals surface area (Å²) in [6.07, 6.45) is 2.36. The summed E-state index contributed by atoms with van der Waals surface area (Å²) in [4.78, 5) is 11.9. The van der Waals surface area contributed by atoms with Gasteiger partial charge in [-0.2, -0.15) is 0 Å². The Morgan fingerprint density at radius 1 is 1.33 bits per heavy atom. The standard InChI is InChI=1S/C12H19N3O3/c1-12(2,3)10-14-15-11(18-10)13-9(16)8-6-4-5-7-17-8/h8H,4-7H2,1-3H3,(H,13,15,16). The SMILES string of the molecule is CC(C)(C)c1nnc(NC(=O)C2CCCCO2)o1. The molecule has 1 unspecified atom stereocenters. The number of hydrogen-bond acceptors (Lipinski definition) is 5. The number of amides is 1. The Kier molecular flexibility index (Phi) is 3.65. The third-order valence-corrected chi connectivity index (χ3v) is 2.77. The van der Waals surface area contributed by atoms with E-state index in [1.165, 1.54) is 0 Å². The first-order valence-electron chi connectivity index (χ1n) is 6.23. The Balaban J connectivity index is 1.96. The van der Waals surface area contributed by atoms with E-state index in [0.717, 1.165) is 19.3 Å². The summed E-state index contributed by atoms with van der Waals surface area (Å²) in [6, 6.07) is 0.138. The molecule has 1 fully saturated rings. The van der Waals surface area contributed by atoms with Crippen LogP contribution in [0.3, 0.4) is 0 Å². The molecule has 1 aromatic heterocycles. The van der Waals surface area contributed by atoms with E-state index >= 15 is 0 Å². The van der Waals surface area contributed by atoms with Gasteiger partial charge in [0.05, 0.1) is 0 Å². The van der Waals surface area contributed by atoms with Crippen LogP contribution in [0, 0.1) is 0 Å². The van der Waals surface area contributed by atoms with Crippen LogP contribution in [0.5, 0.6) is 0 Å². The van der Waals surface area contributed by atoms with Gasteiger partial charge in [0.1, 0.15) is 6.10 Å². The van der Waals surface area contributed by atoms with Crippen LogP contribution in [0.15, 0.2) is 4.42 Å². The van der Waals surface area contributed by atoms with Crippen molar-refractivity contribution in [1.82, 2.24) is 10.2 Å². The fourth-order valence-corrected chi connectivity index (χ4v) is 1.71. The maximum atomic E-state index is 11.9. The van der Waals surface area contributed by atoms with Gasteiger partial charge in [-0.1, -0.05) is 25.9 Å². The normalized spacial score (nSPS) is 20.7. The van der Waals surface area contributed by atoms with Crippen molar-refractivity contribution in [2.45, 2.75) is 51.6 Å². The summed E-state index contributed by atoms with van der Waals surface area (Å²) >= 11 is 0. The molecule has 1 aliphatic heterocycles. The highest BCUT2D eigenvalue weighted by atomic mass is 16.5. The second-order valence-corrected chi connectivity index (χ2v) is 5.51. The van der Waals surface area contributed by atoms with Crippen molar-refractivity contribution in [2.24, 2.45) is 0 Å². The van der Waals surface area contributed by atoms with Gasteiger partial charge in [-0.25, -0.2) is 0 Å². The fraction of sp³-hybridized carbons (Fsp3) is 0.750. The molecule has 1 saturated heterocycles. The molecule has 0 aromatic carbocycles. The minimum atomic E-state index is -0.399. The highest BCUT2D eigenvalue weighted by molar-refractivity contribution is 5.92. The number of nitrogens with zero attached hydrogens (tertiary/aromatic N) is 2. The molecule has 0 radical (unpaired) electrons. The molecule has 0 bridgehead atoms. The maximum absolute atomic E-state index is 11.9. The fourth-order valence-electron chi connectivity index (χ4n) is 1.71. The number of nitrogens with one attached hydrogen (secondary N) is 1. The first-order chi connectivity index (χ1) is 8.47. The number of aromatic nitrogens is 2. The third-order valence-electron chi connectivity index (χ3n) is 2.77. The van der Waals surface area contributed by atoms with Crippen LogP contribution < -0.4 is 5.32 Å². The molecule has 100 valence electrons. The molecule has 1 amide bonds. The van der Waals surface area contributed by atoms with Crippen molar-refractivity contribution in [3.63, 3.8) is 0 Å². The van der Waals surface area contributed by atoms with E-state index in [0.29, 0.717) is 12.5 Å². The van der Waals surface area contributed by atoms with Gasteiger partial charge in [0.15, 0.2) is 0 Å². The van der Waals surface area contributed by atoms with Crippen LogP contribution in [0.1, 0.15) is 45.9 Å². The van der Waals surface area contributed by atoms with Gasteiger partial charge in [-0.3, -0.25) is 10.1 Å². The molecule has 18 heavy (non-hydrogen) atoms. The van der Waals surface area contributed by atoms with Gasteiger partial charge in [0.2, 0.25) is 5.89 Å². The third kappa shape index (κ3) is 3.07. The van der Waals surface area contributed by atoms with Crippen LogP contribution >= 0.6 is 0 Å². The quantitative estimate of drug-likeness (QED) is 0.870. The Bertz CT molecular complexity index is 416. The summed E-state index contributed by atoms with van der Waals surface area (Å²) in [6.45, 7) is 6.54. The lowest BCUT2D eigenvalue weighted by molar-refractivity contribution is -0.130. The number of anilines is 1. The predicted molar refractivity (Wildman–Crippen MR) is 65.2 cm³/mol. The molecule has 0 aliphatic carbocycles. The molecular formula is C12H19N3O3. The zero-order valence-corrected chi connectivity index (χ0v) is 11.0. The van der Waals surface area contributed by atoms with Crippen LogP contribution in [-0.4, -0.2) is 28.8 Å². The average Bonchev–Trinajstić information content (AvgIpc) is 2.78. The second-order valence-electron chi connectivity index (χ2n) is 5.51. The van der Waals surface area contributed by atoms with Crippen molar-refractivity contribution >= 4 is 11.9 Å². The number of carbonyl (C=O) groups is 1. The van der Waals surface area contributed by atoms with E-state index in [4.69, 9.17) is 9.15 Å². The average molecular weight is 253 g/mol.